The predicted octanol–water partition coefficient (Wildman–Crippen LogP) is 1.91. The Morgan fingerprint density at radius 1 is 1.29 bits per heavy atom. The van der Waals surface area contributed by atoms with Crippen molar-refractivity contribution in [3.63, 3.8) is 0 Å². The predicted molar refractivity (Wildman–Crippen MR) is 88.6 cm³/mol. The van der Waals surface area contributed by atoms with E-state index in [0.717, 1.165) is 24.2 Å². The molecule has 0 aliphatic carbocycles. The lowest BCUT2D eigenvalue weighted by molar-refractivity contribution is 0.598. The summed E-state index contributed by atoms with van der Waals surface area (Å²) >= 11 is 0. The average molecular weight is 346 g/mol. The van der Waals surface area contributed by atoms with Gasteiger partial charge in [0.05, 0.1) is 17.0 Å². The molecule has 3 aromatic rings. The summed E-state index contributed by atoms with van der Waals surface area (Å²) in [4.78, 5) is 9.51. The fourth-order valence-corrected chi connectivity index (χ4v) is 3.60. The Kier molecular flexibility index (Phi) is 3.33. The molecule has 0 radical (unpaired) electrons. The lowest BCUT2D eigenvalue weighted by Gasteiger charge is -2.18. The van der Waals surface area contributed by atoms with Crippen molar-refractivity contribution in [3.8, 4) is 0 Å². The maximum Gasteiger partial charge on any atom is 0.238 e. The van der Waals surface area contributed by atoms with Crippen LogP contribution in [0.5, 0.6) is 0 Å². The number of sulfonamides is 1. The van der Waals surface area contributed by atoms with Crippen molar-refractivity contribution in [1.82, 2.24) is 9.97 Å². The number of aromatic nitrogens is 2. The van der Waals surface area contributed by atoms with Crippen LogP contribution in [0.4, 0.5) is 10.1 Å². The van der Waals surface area contributed by atoms with Crippen molar-refractivity contribution in [1.29, 1.82) is 0 Å². The van der Waals surface area contributed by atoms with E-state index in [9.17, 15) is 12.8 Å². The second-order valence-electron chi connectivity index (χ2n) is 5.83. The summed E-state index contributed by atoms with van der Waals surface area (Å²) in [5.41, 5.74) is 2.83. The first-order chi connectivity index (χ1) is 11.4. The van der Waals surface area contributed by atoms with Crippen LogP contribution in [-0.2, 0) is 23.0 Å². The second-order valence-corrected chi connectivity index (χ2v) is 7.39. The number of hydrogen-bond donors (Lipinski definition) is 2. The first-order valence-corrected chi connectivity index (χ1v) is 9.00. The van der Waals surface area contributed by atoms with Crippen LogP contribution in [0.15, 0.2) is 41.3 Å². The molecule has 4 rings (SSSR count). The highest BCUT2D eigenvalue weighted by atomic mass is 32.2. The molecule has 0 spiro atoms. The molecule has 2 aromatic carbocycles. The first kappa shape index (κ1) is 15.1. The van der Waals surface area contributed by atoms with Crippen molar-refractivity contribution < 1.29 is 12.8 Å². The van der Waals surface area contributed by atoms with Crippen LogP contribution < -0.4 is 10.0 Å². The minimum Gasteiger partial charge on any atom is -0.363 e. The summed E-state index contributed by atoms with van der Waals surface area (Å²) < 4.78 is 36.9. The Morgan fingerprint density at radius 2 is 2.12 bits per heavy atom. The highest BCUT2D eigenvalue weighted by Gasteiger charge is 2.22. The topological polar surface area (TPSA) is 92.1 Å². The average Bonchev–Trinajstić information content (AvgIpc) is 3.11. The number of fused-ring (bicyclic) bond motifs is 2. The molecule has 0 saturated carbocycles. The van der Waals surface area contributed by atoms with Crippen LogP contribution >= 0.6 is 0 Å². The van der Waals surface area contributed by atoms with E-state index in [-0.39, 0.29) is 10.7 Å². The smallest absolute Gasteiger partial charge is 0.238 e. The SMILES string of the molecule is NS(=O)(=O)c1ccc2c(c1)N(Cc1nc3c(F)cccc3[nH]1)CC2. The van der Waals surface area contributed by atoms with Crippen LogP contribution in [0.1, 0.15) is 11.4 Å². The number of anilines is 1. The number of benzene rings is 2. The summed E-state index contributed by atoms with van der Waals surface area (Å²) in [6.07, 6.45) is 0.814. The van der Waals surface area contributed by atoms with Crippen molar-refractivity contribution in [2.75, 3.05) is 11.4 Å². The van der Waals surface area contributed by atoms with E-state index in [2.05, 4.69) is 9.97 Å². The van der Waals surface area contributed by atoms with Crippen LogP contribution in [0.3, 0.4) is 0 Å². The fraction of sp³-hybridized carbons (Fsp3) is 0.188. The highest BCUT2D eigenvalue weighted by molar-refractivity contribution is 7.89. The molecule has 1 aliphatic rings. The third-order valence-electron chi connectivity index (χ3n) is 4.23. The number of nitrogens with two attached hydrogens (primary N) is 1. The maximum absolute atomic E-state index is 13.8. The fourth-order valence-electron chi connectivity index (χ4n) is 3.07. The van der Waals surface area contributed by atoms with Gasteiger partial charge in [-0.05, 0) is 36.2 Å². The molecular formula is C16H15FN4O2S. The summed E-state index contributed by atoms with van der Waals surface area (Å²) in [7, 11) is -3.75. The number of nitrogens with one attached hydrogen (secondary N) is 1. The molecule has 8 heteroatoms. The summed E-state index contributed by atoms with van der Waals surface area (Å²) in [5, 5.41) is 5.21. The Morgan fingerprint density at radius 3 is 2.88 bits per heavy atom. The van der Waals surface area contributed by atoms with Gasteiger partial charge in [0.1, 0.15) is 11.3 Å². The molecule has 1 aromatic heterocycles. The van der Waals surface area contributed by atoms with Crippen molar-refractivity contribution in [2.45, 2.75) is 17.9 Å². The van der Waals surface area contributed by atoms with E-state index < -0.39 is 10.0 Å². The van der Waals surface area contributed by atoms with Gasteiger partial charge >= 0.3 is 0 Å². The van der Waals surface area contributed by atoms with Crippen molar-refractivity contribution in [3.05, 3.63) is 53.6 Å². The number of nitrogens with zero attached hydrogens (tertiary/aromatic N) is 2. The Bertz CT molecular complexity index is 1050. The summed E-state index contributed by atoms with van der Waals surface area (Å²) in [6.45, 7) is 1.18. The molecule has 0 fully saturated rings. The summed E-state index contributed by atoms with van der Waals surface area (Å²) in [6, 6.07) is 9.66. The number of H-pyrrole nitrogens is 1. The minimum absolute atomic E-state index is 0.0869. The second kappa shape index (κ2) is 5.29. The number of halogens is 1. The molecule has 3 N–H and O–H groups in total. The third-order valence-corrected chi connectivity index (χ3v) is 5.14. The van der Waals surface area contributed by atoms with Gasteiger partial charge in [0.2, 0.25) is 10.0 Å². The lowest BCUT2D eigenvalue weighted by Crippen LogP contribution is -2.21. The Hall–Kier alpha value is -2.45. The van der Waals surface area contributed by atoms with E-state index in [0.29, 0.717) is 23.4 Å². The van der Waals surface area contributed by atoms with Crippen molar-refractivity contribution in [2.24, 2.45) is 5.14 Å². The quantitative estimate of drug-likeness (QED) is 0.758. The van der Waals surface area contributed by atoms with Gasteiger partial charge in [0.25, 0.3) is 0 Å². The van der Waals surface area contributed by atoms with Crippen LogP contribution in [0.2, 0.25) is 0 Å². The van der Waals surface area contributed by atoms with Gasteiger partial charge in [-0.2, -0.15) is 0 Å². The number of primary sulfonamides is 1. The summed E-state index contributed by atoms with van der Waals surface area (Å²) in [5.74, 6) is 0.261. The molecule has 0 unspecified atom stereocenters. The highest BCUT2D eigenvalue weighted by Crippen LogP contribution is 2.31. The first-order valence-electron chi connectivity index (χ1n) is 7.45. The molecule has 124 valence electrons. The lowest BCUT2D eigenvalue weighted by atomic mass is 10.2. The Balaban J connectivity index is 1.68. The standard InChI is InChI=1S/C16H15FN4O2S/c17-12-2-1-3-13-16(12)20-15(19-13)9-21-7-6-10-4-5-11(8-14(10)21)24(18,22)23/h1-5,8H,6-7,9H2,(H,19,20)(H2,18,22,23). The minimum atomic E-state index is -3.75. The molecule has 0 saturated heterocycles. The molecule has 0 bridgehead atoms. The maximum atomic E-state index is 13.8. The van der Waals surface area contributed by atoms with Gasteiger partial charge in [0.15, 0.2) is 5.82 Å². The largest absolute Gasteiger partial charge is 0.363 e. The molecule has 1 aliphatic heterocycles. The van der Waals surface area contributed by atoms with Gasteiger partial charge < -0.3 is 9.88 Å². The van der Waals surface area contributed by atoms with E-state index in [1.165, 1.54) is 12.1 Å². The van der Waals surface area contributed by atoms with Gasteiger partial charge in [-0.1, -0.05) is 12.1 Å². The van der Waals surface area contributed by atoms with Crippen LogP contribution in [0.25, 0.3) is 11.0 Å². The number of hydrogen-bond acceptors (Lipinski definition) is 4. The Labute approximate surface area is 138 Å². The van der Waals surface area contributed by atoms with Crippen molar-refractivity contribution >= 4 is 26.7 Å². The number of para-hydroxylation sites is 1. The zero-order chi connectivity index (χ0) is 16.9. The number of aromatic amines is 1. The monoisotopic (exact) mass is 346 g/mol. The van der Waals surface area contributed by atoms with E-state index >= 15 is 0 Å². The van der Waals surface area contributed by atoms with Gasteiger partial charge in [-0.3, -0.25) is 0 Å². The van der Waals surface area contributed by atoms with Crippen LogP contribution in [-0.4, -0.2) is 24.9 Å². The molecule has 6 nitrogen and oxygen atoms in total. The van der Waals surface area contributed by atoms with E-state index in [4.69, 9.17) is 5.14 Å². The molecule has 24 heavy (non-hydrogen) atoms. The van der Waals surface area contributed by atoms with Gasteiger partial charge in [-0.25, -0.2) is 22.9 Å². The molecule has 2 heterocycles. The zero-order valence-electron chi connectivity index (χ0n) is 12.7. The van der Waals surface area contributed by atoms with Crippen LogP contribution in [0, 0.1) is 5.82 Å². The normalized spacial score (nSPS) is 14.3. The molecular weight excluding hydrogens is 331 g/mol. The van der Waals surface area contributed by atoms with Gasteiger partial charge in [0, 0.05) is 12.2 Å². The molecule has 0 atom stereocenters. The number of imidazole rings is 1. The zero-order valence-corrected chi connectivity index (χ0v) is 13.5. The van der Waals surface area contributed by atoms with Gasteiger partial charge in [-0.15, -0.1) is 0 Å². The number of rotatable bonds is 3. The third kappa shape index (κ3) is 2.53. The molecule has 0 amide bonds. The van der Waals surface area contributed by atoms with E-state index in [1.807, 2.05) is 4.90 Å². The van der Waals surface area contributed by atoms with E-state index in [1.54, 1.807) is 24.3 Å².